The molecule has 0 saturated heterocycles. The molecule has 2 unspecified atom stereocenters. The summed E-state index contributed by atoms with van der Waals surface area (Å²) < 4.78 is 21.2. The Kier molecular flexibility index (Phi) is 4.63. The van der Waals surface area contributed by atoms with Gasteiger partial charge in [-0.05, 0) is 32.9 Å². The second-order valence-electron chi connectivity index (χ2n) is 5.27. The Balaban J connectivity index is 2.22. The highest BCUT2D eigenvalue weighted by Gasteiger charge is 2.20. The number of hydrogen-bond donors (Lipinski definition) is 1. The van der Waals surface area contributed by atoms with Crippen LogP contribution in [-0.4, -0.2) is 16.9 Å². The Morgan fingerprint density at radius 3 is 2.57 bits per heavy atom. The Morgan fingerprint density at radius 2 is 2.00 bits per heavy atom. The quantitative estimate of drug-likeness (QED) is 0.919. The smallest absolute Gasteiger partial charge is 0.131 e. The third-order valence-electron chi connectivity index (χ3n) is 3.91. The standard InChI is InChI=1S/C16H22FN3O/c1-10(13-9-18-20(4)12(13)3)19-11(2)16-14(17)7-6-8-15(16)21-5/h6-11,19H,1-5H3. The van der Waals surface area contributed by atoms with Gasteiger partial charge in [0.25, 0.3) is 0 Å². The van der Waals surface area contributed by atoms with Gasteiger partial charge in [-0.15, -0.1) is 0 Å². The molecule has 4 nitrogen and oxygen atoms in total. The van der Waals surface area contributed by atoms with Crippen molar-refractivity contribution in [3.8, 4) is 5.75 Å². The van der Waals surface area contributed by atoms with Crippen LogP contribution in [0, 0.1) is 12.7 Å². The van der Waals surface area contributed by atoms with Crippen molar-refractivity contribution in [3.05, 3.63) is 47.0 Å². The van der Waals surface area contributed by atoms with Crippen molar-refractivity contribution in [2.24, 2.45) is 7.05 Å². The summed E-state index contributed by atoms with van der Waals surface area (Å²) in [4.78, 5) is 0. The number of aromatic nitrogens is 2. The van der Waals surface area contributed by atoms with Crippen LogP contribution in [0.15, 0.2) is 24.4 Å². The van der Waals surface area contributed by atoms with Crippen molar-refractivity contribution >= 4 is 0 Å². The maximum Gasteiger partial charge on any atom is 0.131 e. The van der Waals surface area contributed by atoms with E-state index in [1.165, 1.54) is 6.07 Å². The van der Waals surface area contributed by atoms with Crippen LogP contribution in [0.1, 0.15) is 42.8 Å². The first-order chi connectivity index (χ1) is 9.95. The van der Waals surface area contributed by atoms with Gasteiger partial charge < -0.3 is 10.1 Å². The van der Waals surface area contributed by atoms with E-state index in [0.29, 0.717) is 11.3 Å². The molecule has 1 aromatic carbocycles. The molecule has 1 aromatic heterocycles. The number of benzene rings is 1. The van der Waals surface area contributed by atoms with Gasteiger partial charge >= 0.3 is 0 Å². The third kappa shape index (κ3) is 3.08. The van der Waals surface area contributed by atoms with Crippen molar-refractivity contribution in [2.45, 2.75) is 32.9 Å². The van der Waals surface area contributed by atoms with Crippen molar-refractivity contribution in [2.75, 3.05) is 7.11 Å². The molecule has 0 aliphatic rings. The lowest BCUT2D eigenvalue weighted by atomic mass is 10.0. The fraction of sp³-hybridized carbons (Fsp3) is 0.438. The van der Waals surface area contributed by atoms with Crippen molar-refractivity contribution < 1.29 is 9.13 Å². The van der Waals surface area contributed by atoms with E-state index in [9.17, 15) is 4.39 Å². The minimum absolute atomic E-state index is 0.0676. The van der Waals surface area contributed by atoms with Gasteiger partial charge in [0, 0.05) is 36.0 Å². The average molecular weight is 291 g/mol. The first kappa shape index (κ1) is 15.5. The zero-order valence-corrected chi connectivity index (χ0v) is 13.1. The SMILES string of the molecule is COc1cccc(F)c1C(C)NC(C)c1cnn(C)c1C. The molecular weight excluding hydrogens is 269 g/mol. The molecule has 2 rings (SSSR count). The summed E-state index contributed by atoms with van der Waals surface area (Å²) in [7, 11) is 3.47. The molecule has 0 spiro atoms. The van der Waals surface area contributed by atoms with Gasteiger partial charge in [0.05, 0.1) is 13.3 Å². The zero-order valence-electron chi connectivity index (χ0n) is 13.1. The first-order valence-corrected chi connectivity index (χ1v) is 7.02. The Bertz CT molecular complexity index is 624. The van der Waals surface area contributed by atoms with Gasteiger partial charge in [-0.25, -0.2) is 4.39 Å². The number of halogens is 1. The van der Waals surface area contributed by atoms with Gasteiger partial charge in [0.1, 0.15) is 11.6 Å². The normalized spacial score (nSPS) is 14.0. The van der Waals surface area contributed by atoms with Crippen LogP contribution in [0.25, 0.3) is 0 Å². The molecule has 0 aliphatic carbocycles. The molecule has 21 heavy (non-hydrogen) atoms. The van der Waals surface area contributed by atoms with E-state index in [1.807, 2.05) is 38.7 Å². The fourth-order valence-electron chi connectivity index (χ4n) is 2.60. The van der Waals surface area contributed by atoms with Crippen LogP contribution in [0.5, 0.6) is 5.75 Å². The van der Waals surface area contributed by atoms with Gasteiger partial charge in [0.2, 0.25) is 0 Å². The van der Waals surface area contributed by atoms with Crippen LogP contribution < -0.4 is 10.1 Å². The summed E-state index contributed by atoms with van der Waals surface area (Å²) >= 11 is 0. The second-order valence-corrected chi connectivity index (χ2v) is 5.27. The van der Waals surface area contributed by atoms with Gasteiger partial charge in [-0.1, -0.05) is 6.07 Å². The van der Waals surface area contributed by atoms with E-state index in [2.05, 4.69) is 10.4 Å². The number of methoxy groups -OCH3 is 1. The van der Waals surface area contributed by atoms with E-state index in [4.69, 9.17) is 4.74 Å². The third-order valence-corrected chi connectivity index (χ3v) is 3.91. The number of nitrogens with zero attached hydrogens (tertiary/aromatic N) is 2. The predicted molar refractivity (Wildman–Crippen MR) is 80.9 cm³/mol. The number of ether oxygens (including phenoxy) is 1. The highest BCUT2D eigenvalue weighted by Crippen LogP contribution is 2.29. The molecule has 2 atom stereocenters. The van der Waals surface area contributed by atoms with Crippen LogP contribution in [0.4, 0.5) is 4.39 Å². The molecule has 1 N–H and O–H groups in total. The molecule has 114 valence electrons. The van der Waals surface area contributed by atoms with E-state index >= 15 is 0 Å². The van der Waals surface area contributed by atoms with Crippen molar-refractivity contribution in [1.29, 1.82) is 0 Å². The molecule has 0 amide bonds. The van der Waals surface area contributed by atoms with Gasteiger partial charge in [0.15, 0.2) is 0 Å². The van der Waals surface area contributed by atoms with Crippen molar-refractivity contribution in [3.63, 3.8) is 0 Å². The highest BCUT2D eigenvalue weighted by molar-refractivity contribution is 5.37. The summed E-state index contributed by atoms with van der Waals surface area (Å²) in [5, 5.41) is 7.66. The molecule has 2 aromatic rings. The average Bonchev–Trinajstić information content (AvgIpc) is 2.78. The van der Waals surface area contributed by atoms with Crippen molar-refractivity contribution in [1.82, 2.24) is 15.1 Å². The maximum atomic E-state index is 14.1. The lowest BCUT2D eigenvalue weighted by Gasteiger charge is -2.22. The number of rotatable bonds is 5. The van der Waals surface area contributed by atoms with E-state index in [-0.39, 0.29) is 17.9 Å². The lowest BCUT2D eigenvalue weighted by molar-refractivity contribution is 0.387. The molecule has 0 aliphatic heterocycles. The van der Waals surface area contributed by atoms with Crippen LogP contribution >= 0.6 is 0 Å². The van der Waals surface area contributed by atoms with E-state index in [0.717, 1.165) is 11.3 Å². The lowest BCUT2D eigenvalue weighted by Crippen LogP contribution is -2.24. The number of aryl methyl sites for hydroxylation is 1. The summed E-state index contributed by atoms with van der Waals surface area (Å²) in [6.07, 6.45) is 1.85. The minimum Gasteiger partial charge on any atom is -0.496 e. The zero-order chi connectivity index (χ0) is 15.6. The van der Waals surface area contributed by atoms with Crippen LogP contribution in [0.2, 0.25) is 0 Å². The molecule has 0 radical (unpaired) electrons. The van der Waals surface area contributed by atoms with Gasteiger partial charge in [-0.3, -0.25) is 4.68 Å². The van der Waals surface area contributed by atoms with Crippen LogP contribution in [0.3, 0.4) is 0 Å². The minimum atomic E-state index is -0.260. The fourth-order valence-corrected chi connectivity index (χ4v) is 2.60. The second kappa shape index (κ2) is 6.26. The summed E-state index contributed by atoms with van der Waals surface area (Å²) in [6, 6.07) is 4.78. The Hall–Kier alpha value is -1.88. The molecule has 1 heterocycles. The van der Waals surface area contributed by atoms with E-state index in [1.54, 1.807) is 19.2 Å². The monoisotopic (exact) mass is 291 g/mol. The molecule has 0 bridgehead atoms. The summed E-state index contributed by atoms with van der Waals surface area (Å²) in [5.41, 5.74) is 2.76. The topological polar surface area (TPSA) is 39.1 Å². The molecule has 5 heteroatoms. The first-order valence-electron chi connectivity index (χ1n) is 7.02. The predicted octanol–water partition coefficient (Wildman–Crippen LogP) is 3.29. The number of nitrogens with one attached hydrogen (secondary N) is 1. The van der Waals surface area contributed by atoms with E-state index < -0.39 is 0 Å². The molecular formula is C16H22FN3O. The van der Waals surface area contributed by atoms with Gasteiger partial charge in [-0.2, -0.15) is 5.10 Å². The molecule has 0 fully saturated rings. The Morgan fingerprint density at radius 1 is 1.29 bits per heavy atom. The van der Waals surface area contributed by atoms with Crippen LogP contribution in [-0.2, 0) is 7.05 Å². The summed E-state index contributed by atoms with van der Waals surface area (Å²) in [5.74, 6) is 0.301. The molecule has 0 saturated carbocycles. The summed E-state index contributed by atoms with van der Waals surface area (Å²) in [6.45, 7) is 6.01. The Labute approximate surface area is 124 Å². The number of hydrogen-bond acceptors (Lipinski definition) is 3. The maximum absolute atomic E-state index is 14.1. The highest BCUT2D eigenvalue weighted by atomic mass is 19.1. The largest absolute Gasteiger partial charge is 0.496 e.